The predicted molar refractivity (Wildman–Crippen MR) is 62.4 cm³/mol. The molecule has 0 aliphatic rings. The first kappa shape index (κ1) is 10.4. The fourth-order valence-electron chi connectivity index (χ4n) is 1.49. The molecule has 0 spiro atoms. The number of hydrogen-bond acceptors (Lipinski definition) is 6. The van der Waals surface area contributed by atoms with Crippen molar-refractivity contribution in [1.29, 1.82) is 0 Å². The molecule has 0 aliphatic heterocycles. The average Bonchev–Trinajstić information content (AvgIpc) is 2.89. The van der Waals surface area contributed by atoms with Gasteiger partial charge >= 0.3 is 0 Å². The molecule has 0 unspecified atom stereocenters. The van der Waals surface area contributed by atoms with E-state index >= 15 is 0 Å². The van der Waals surface area contributed by atoms with Gasteiger partial charge in [-0.15, -0.1) is 0 Å². The Bertz CT molecular complexity index is 667. The van der Waals surface area contributed by atoms with E-state index in [0.717, 1.165) is 0 Å². The van der Waals surface area contributed by atoms with Crippen molar-refractivity contribution >= 4 is 0 Å². The molecule has 3 rings (SSSR count). The molecular weight excluding hydrogens is 232 g/mol. The molecule has 88 valence electrons. The largest absolute Gasteiger partial charge is 0.508 e. The lowest BCUT2D eigenvalue weighted by molar-refractivity contribution is 0.431. The van der Waals surface area contributed by atoms with Crippen LogP contribution >= 0.6 is 0 Å². The Labute approximate surface area is 102 Å². The molecule has 0 amide bonds. The van der Waals surface area contributed by atoms with Crippen molar-refractivity contribution in [3.05, 3.63) is 42.7 Å². The first-order chi connectivity index (χ1) is 8.83. The molecule has 6 heteroatoms. The third-order valence-electron chi connectivity index (χ3n) is 2.28. The fourth-order valence-corrected chi connectivity index (χ4v) is 1.49. The van der Waals surface area contributed by atoms with Crippen LogP contribution in [0, 0.1) is 0 Å². The van der Waals surface area contributed by atoms with E-state index in [0.29, 0.717) is 23.1 Å². The Hall–Kier alpha value is -2.76. The van der Waals surface area contributed by atoms with Crippen molar-refractivity contribution in [2.75, 3.05) is 0 Å². The molecule has 0 bridgehead atoms. The van der Waals surface area contributed by atoms with E-state index in [1.54, 1.807) is 42.7 Å². The molecule has 0 fully saturated rings. The van der Waals surface area contributed by atoms with Gasteiger partial charge in [0.25, 0.3) is 5.89 Å². The van der Waals surface area contributed by atoms with Crippen LogP contribution in [0.2, 0.25) is 0 Å². The van der Waals surface area contributed by atoms with Gasteiger partial charge in [-0.1, -0.05) is 11.2 Å². The summed E-state index contributed by atoms with van der Waals surface area (Å²) in [5.41, 5.74) is 0.643. The number of hydrogen-bond donors (Lipinski definition) is 1. The van der Waals surface area contributed by atoms with Crippen LogP contribution in [0.1, 0.15) is 0 Å². The molecule has 2 aromatic heterocycles. The van der Waals surface area contributed by atoms with Crippen LogP contribution in [-0.4, -0.2) is 25.2 Å². The van der Waals surface area contributed by atoms with Crippen LogP contribution in [-0.2, 0) is 0 Å². The maximum Gasteiger partial charge on any atom is 0.258 e. The van der Waals surface area contributed by atoms with Crippen LogP contribution in [0.4, 0.5) is 0 Å². The van der Waals surface area contributed by atoms with Gasteiger partial charge in [0, 0.05) is 18.0 Å². The minimum Gasteiger partial charge on any atom is -0.508 e. The number of phenols is 1. The van der Waals surface area contributed by atoms with Crippen molar-refractivity contribution in [3.63, 3.8) is 0 Å². The second-order valence-corrected chi connectivity index (χ2v) is 3.55. The molecule has 0 saturated heterocycles. The Kier molecular flexibility index (Phi) is 2.45. The van der Waals surface area contributed by atoms with Crippen molar-refractivity contribution in [2.45, 2.75) is 0 Å². The monoisotopic (exact) mass is 240 g/mol. The highest BCUT2D eigenvalue weighted by Crippen LogP contribution is 2.23. The maximum absolute atomic E-state index is 9.38. The molecule has 1 aromatic carbocycles. The molecule has 2 heterocycles. The van der Waals surface area contributed by atoms with Gasteiger partial charge < -0.3 is 9.63 Å². The van der Waals surface area contributed by atoms with E-state index in [1.807, 2.05) is 0 Å². The minimum absolute atomic E-state index is 0.142. The molecule has 0 aliphatic carbocycles. The van der Waals surface area contributed by atoms with Crippen molar-refractivity contribution in [1.82, 2.24) is 20.1 Å². The molecular formula is C12H8N4O2. The quantitative estimate of drug-likeness (QED) is 0.736. The topological polar surface area (TPSA) is 84.9 Å². The number of rotatable bonds is 2. The third kappa shape index (κ3) is 1.91. The fraction of sp³-hybridized carbons (Fsp3) is 0. The number of phenolic OH excluding ortho intramolecular Hbond substituents is 1. The predicted octanol–water partition coefficient (Wildman–Crippen LogP) is 1.90. The standard InChI is InChI=1S/C12H8N4O2/c17-9-4-1-3-8(7-9)12-15-11(16-18-12)10-13-5-2-6-14-10/h1-7,17H. The summed E-state index contributed by atoms with van der Waals surface area (Å²) < 4.78 is 5.11. The molecule has 6 nitrogen and oxygen atoms in total. The van der Waals surface area contributed by atoms with Gasteiger partial charge in [0.1, 0.15) is 5.75 Å². The Morgan fingerprint density at radius 3 is 2.61 bits per heavy atom. The van der Waals surface area contributed by atoms with Crippen molar-refractivity contribution < 1.29 is 9.63 Å². The molecule has 0 radical (unpaired) electrons. The second kappa shape index (κ2) is 4.25. The zero-order chi connectivity index (χ0) is 12.4. The summed E-state index contributed by atoms with van der Waals surface area (Å²) in [6.45, 7) is 0. The lowest BCUT2D eigenvalue weighted by atomic mass is 10.2. The summed E-state index contributed by atoms with van der Waals surface area (Å²) in [4.78, 5) is 12.2. The average molecular weight is 240 g/mol. The summed E-state index contributed by atoms with van der Waals surface area (Å²) in [7, 11) is 0. The van der Waals surface area contributed by atoms with E-state index in [4.69, 9.17) is 4.52 Å². The van der Waals surface area contributed by atoms with E-state index in [2.05, 4.69) is 20.1 Å². The van der Waals surface area contributed by atoms with Crippen LogP contribution in [0.25, 0.3) is 23.1 Å². The SMILES string of the molecule is Oc1cccc(-c2nc(-c3ncccn3)no2)c1. The van der Waals surface area contributed by atoms with Crippen LogP contribution in [0.5, 0.6) is 5.75 Å². The Morgan fingerprint density at radius 1 is 1.00 bits per heavy atom. The maximum atomic E-state index is 9.38. The zero-order valence-electron chi connectivity index (χ0n) is 9.19. The summed E-state index contributed by atoms with van der Waals surface area (Å²) >= 11 is 0. The Balaban J connectivity index is 2.00. The highest BCUT2D eigenvalue weighted by molar-refractivity contribution is 5.57. The van der Waals surface area contributed by atoms with Gasteiger partial charge in [-0.2, -0.15) is 4.98 Å². The van der Waals surface area contributed by atoms with E-state index in [9.17, 15) is 5.11 Å². The summed E-state index contributed by atoms with van der Waals surface area (Å²) in [5, 5.41) is 13.2. The van der Waals surface area contributed by atoms with Crippen LogP contribution < -0.4 is 0 Å². The second-order valence-electron chi connectivity index (χ2n) is 3.55. The van der Waals surface area contributed by atoms with Crippen molar-refractivity contribution in [3.8, 4) is 28.9 Å². The van der Waals surface area contributed by atoms with Gasteiger partial charge in [0.15, 0.2) is 0 Å². The van der Waals surface area contributed by atoms with Gasteiger partial charge in [-0.25, -0.2) is 9.97 Å². The molecule has 18 heavy (non-hydrogen) atoms. The third-order valence-corrected chi connectivity index (χ3v) is 2.28. The normalized spacial score (nSPS) is 10.4. The molecule has 1 N–H and O–H groups in total. The van der Waals surface area contributed by atoms with E-state index < -0.39 is 0 Å². The van der Waals surface area contributed by atoms with Crippen molar-refractivity contribution in [2.24, 2.45) is 0 Å². The van der Waals surface area contributed by atoms with E-state index in [1.165, 1.54) is 0 Å². The smallest absolute Gasteiger partial charge is 0.258 e. The van der Waals surface area contributed by atoms with Gasteiger partial charge in [0.2, 0.25) is 11.6 Å². The lowest BCUT2D eigenvalue weighted by Gasteiger charge is -1.94. The minimum atomic E-state index is 0.142. The number of aromatic nitrogens is 4. The van der Waals surface area contributed by atoms with E-state index in [-0.39, 0.29) is 5.75 Å². The lowest BCUT2D eigenvalue weighted by Crippen LogP contribution is -1.88. The first-order valence-corrected chi connectivity index (χ1v) is 5.23. The van der Waals surface area contributed by atoms with Gasteiger partial charge in [-0.3, -0.25) is 0 Å². The molecule has 0 saturated carbocycles. The highest BCUT2D eigenvalue weighted by Gasteiger charge is 2.12. The molecule has 3 aromatic rings. The zero-order valence-corrected chi connectivity index (χ0v) is 9.19. The Morgan fingerprint density at radius 2 is 1.83 bits per heavy atom. The van der Waals surface area contributed by atoms with Crippen LogP contribution in [0.15, 0.2) is 47.2 Å². The van der Waals surface area contributed by atoms with Crippen LogP contribution in [0.3, 0.4) is 0 Å². The number of benzene rings is 1. The highest BCUT2D eigenvalue weighted by atomic mass is 16.5. The van der Waals surface area contributed by atoms with Gasteiger partial charge in [0.05, 0.1) is 0 Å². The first-order valence-electron chi connectivity index (χ1n) is 5.23. The molecule has 0 atom stereocenters. The summed E-state index contributed by atoms with van der Waals surface area (Å²) in [6, 6.07) is 8.29. The summed E-state index contributed by atoms with van der Waals surface area (Å²) in [5.74, 6) is 1.16. The number of nitrogens with zero attached hydrogens (tertiary/aromatic N) is 4. The van der Waals surface area contributed by atoms with Gasteiger partial charge in [-0.05, 0) is 24.3 Å². The summed E-state index contributed by atoms with van der Waals surface area (Å²) in [6.07, 6.45) is 3.21. The number of aromatic hydroxyl groups is 1.